The number of nitriles is 1. The Labute approximate surface area is 170 Å². The summed E-state index contributed by atoms with van der Waals surface area (Å²) in [6.45, 7) is 3.23. The molecule has 6 nitrogen and oxygen atoms in total. The lowest BCUT2D eigenvalue weighted by Crippen LogP contribution is -2.53. The second-order valence-electron chi connectivity index (χ2n) is 7.77. The van der Waals surface area contributed by atoms with Crippen molar-refractivity contribution in [2.75, 3.05) is 19.7 Å². The molecule has 2 atom stereocenters. The van der Waals surface area contributed by atoms with Crippen LogP contribution in [0.2, 0.25) is 0 Å². The molecule has 2 aliphatic rings. The Kier molecular flexibility index (Phi) is 5.79. The molecule has 6 heteroatoms. The molecule has 2 aliphatic heterocycles. The third kappa shape index (κ3) is 4.58. The van der Waals surface area contributed by atoms with Crippen molar-refractivity contribution in [3.8, 4) is 11.8 Å². The van der Waals surface area contributed by atoms with Gasteiger partial charge in [0.15, 0.2) is 0 Å². The summed E-state index contributed by atoms with van der Waals surface area (Å²) in [6.07, 6.45) is 1.77. The molecule has 150 valence electrons. The van der Waals surface area contributed by atoms with Crippen LogP contribution in [-0.2, 0) is 22.6 Å². The highest BCUT2D eigenvalue weighted by Crippen LogP contribution is 2.27. The lowest BCUT2D eigenvalue weighted by atomic mass is 10.0. The van der Waals surface area contributed by atoms with Gasteiger partial charge in [0.25, 0.3) is 0 Å². The van der Waals surface area contributed by atoms with E-state index in [0.717, 1.165) is 43.6 Å². The van der Waals surface area contributed by atoms with Gasteiger partial charge in [0.05, 0.1) is 23.8 Å². The number of ether oxygens (including phenoxy) is 1. The number of phenolic OH excluding ortho intramolecular Hbond substituents is 1. The van der Waals surface area contributed by atoms with Crippen molar-refractivity contribution < 1.29 is 14.6 Å². The molecular formula is C23H25N3O3. The molecule has 0 bridgehead atoms. The summed E-state index contributed by atoms with van der Waals surface area (Å²) in [7, 11) is 0. The molecule has 0 unspecified atom stereocenters. The molecule has 1 N–H and O–H groups in total. The summed E-state index contributed by atoms with van der Waals surface area (Å²) in [5.74, 6) is 0.250. The maximum absolute atomic E-state index is 12.6. The number of phenols is 1. The summed E-state index contributed by atoms with van der Waals surface area (Å²) >= 11 is 0. The van der Waals surface area contributed by atoms with E-state index in [-0.39, 0.29) is 30.4 Å². The van der Waals surface area contributed by atoms with Crippen LogP contribution in [0.4, 0.5) is 0 Å². The number of carbonyl (C=O) groups excluding carboxylic acids is 1. The minimum absolute atomic E-state index is 0.0227. The van der Waals surface area contributed by atoms with Gasteiger partial charge >= 0.3 is 0 Å². The zero-order chi connectivity index (χ0) is 20.2. The highest BCUT2D eigenvalue weighted by atomic mass is 16.5. The van der Waals surface area contributed by atoms with Crippen molar-refractivity contribution in [3.05, 3.63) is 65.2 Å². The average molecular weight is 391 g/mol. The standard InChI is InChI=1S/C23H25N3O3/c24-13-18-2-1-3-19(12-18)14-25-10-8-21-22(9-11-25)29-16-23(28)26(21)15-17-4-6-20(27)7-5-17/h1-7,12,21-22,27H,8-11,14-16H2/t21-,22-/m0/s1. The highest BCUT2D eigenvalue weighted by Gasteiger charge is 2.38. The van der Waals surface area contributed by atoms with E-state index >= 15 is 0 Å². The lowest BCUT2D eigenvalue weighted by molar-refractivity contribution is -0.158. The topological polar surface area (TPSA) is 76.8 Å². The van der Waals surface area contributed by atoms with Gasteiger partial charge in [0, 0.05) is 26.2 Å². The van der Waals surface area contributed by atoms with Crippen molar-refractivity contribution >= 4 is 5.91 Å². The van der Waals surface area contributed by atoms with Gasteiger partial charge in [0.2, 0.25) is 5.91 Å². The van der Waals surface area contributed by atoms with Gasteiger partial charge in [0.1, 0.15) is 12.4 Å². The molecule has 4 rings (SSSR count). The van der Waals surface area contributed by atoms with E-state index in [2.05, 4.69) is 17.0 Å². The van der Waals surface area contributed by atoms with E-state index in [0.29, 0.717) is 12.1 Å². The van der Waals surface area contributed by atoms with Crippen LogP contribution in [0.15, 0.2) is 48.5 Å². The van der Waals surface area contributed by atoms with E-state index in [9.17, 15) is 9.90 Å². The van der Waals surface area contributed by atoms with Crippen molar-refractivity contribution in [1.29, 1.82) is 5.26 Å². The maximum atomic E-state index is 12.6. The predicted molar refractivity (Wildman–Crippen MR) is 108 cm³/mol. The van der Waals surface area contributed by atoms with E-state index < -0.39 is 0 Å². The third-order valence-electron chi connectivity index (χ3n) is 5.79. The van der Waals surface area contributed by atoms with Crippen molar-refractivity contribution in [3.63, 3.8) is 0 Å². The summed E-state index contributed by atoms with van der Waals surface area (Å²) in [4.78, 5) is 16.9. The first-order valence-corrected chi connectivity index (χ1v) is 10.0. The van der Waals surface area contributed by atoms with E-state index in [1.165, 1.54) is 0 Å². The predicted octanol–water partition coefficient (Wildman–Crippen LogP) is 2.66. The normalized spacial score (nSPS) is 22.6. The van der Waals surface area contributed by atoms with Crippen LogP contribution in [0.3, 0.4) is 0 Å². The van der Waals surface area contributed by atoms with Gasteiger partial charge < -0.3 is 14.7 Å². The van der Waals surface area contributed by atoms with Crippen LogP contribution in [0, 0.1) is 11.3 Å². The summed E-state index contributed by atoms with van der Waals surface area (Å²) in [5.41, 5.74) is 2.82. The number of carbonyl (C=O) groups is 1. The number of amides is 1. The van der Waals surface area contributed by atoms with Crippen LogP contribution < -0.4 is 0 Å². The number of likely N-dealkylation sites (tertiary alicyclic amines) is 1. The average Bonchev–Trinajstić information content (AvgIpc) is 2.94. The molecule has 0 aromatic heterocycles. The molecule has 2 heterocycles. The fraction of sp³-hybridized carbons (Fsp3) is 0.391. The van der Waals surface area contributed by atoms with Crippen LogP contribution >= 0.6 is 0 Å². The molecular weight excluding hydrogens is 366 g/mol. The highest BCUT2D eigenvalue weighted by molar-refractivity contribution is 5.78. The number of fused-ring (bicyclic) bond motifs is 1. The van der Waals surface area contributed by atoms with Gasteiger partial charge in [-0.25, -0.2) is 0 Å². The number of aromatic hydroxyl groups is 1. The van der Waals surface area contributed by atoms with Crippen molar-refractivity contribution in [2.24, 2.45) is 0 Å². The first kappa shape index (κ1) is 19.4. The first-order chi connectivity index (χ1) is 14.1. The number of hydrogen-bond acceptors (Lipinski definition) is 5. The number of rotatable bonds is 4. The van der Waals surface area contributed by atoms with Gasteiger partial charge in [-0.3, -0.25) is 9.69 Å². The Morgan fingerprint density at radius 1 is 1.07 bits per heavy atom. The van der Waals surface area contributed by atoms with Gasteiger partial charge in [-0.15, -0.1) is 0 Å². The Bertz CT molecular complexity index is 906. The van der Waals surface area contributed by atoms with E-state index in [1.807, 2.05) is 35.2 Å². The number of morpholine rings is 1. The molecule has 0 saturated carbocycles. The summed E-state index contributed by atoms with van der Waals surface area (Å²) < 4.78 is 5.90. The number of hydrogen-bond donors (Lipinski definition) is 1. The second-order valence-corrected chi connectivity index (χ2v) is 7.77. The Hall–Kier alpha value is -2.88. The molecule has 2 saturated heterocycles. The minimum Gasteiger partial charge on any atom is -0.508 e. The minimum atomic E-state index is 0.0227. The summed E-state index contributed by atoms with van der Waals surface area (Å²) in [5, 5.41) is 18.6. The molecule has 0 aliphatic carbocycles. The Morgan fingerprint density at radius 3 is 2.66 bits per heavy atom. The van der Waals surface area contributed by atoms with Gasteiger partial charge in [-0.2, -0.15) is 5.26 Å². The molecule has 0 radical (unpaired) electrons. The monoisotopic (exact) mass is 391 g/mol. The quantitative estimate of drug-likeness (QED) is 0.867. The van der Waals surface area contributed by atoms with Crippen molar-refractivity contribution in [2.45, 2.75) is 38.1 Å². The van der Waals surface area contributed by atoms with E-state index in [1.54, 1.807) is 12.1 Å². The fourth-order valence-corrected chi connectivity index (χ4v) is 4.27. The maximum Gasteiger partial charge on any atom is 0.249 e. The smallest absolute Gasteiger partial charge is 0.249 e. The zero-order valence-corrected chi connectivity index (χ0v) is 16.3. The fourth-order valence-electron chi connectivity index (χ4n) is 4.27. The SMILES string of the molecule is N#Cc1cccc(CN2CC[C@@H]3OCC(=O)N(Cc4ccc(O)cc4)[C@H]3CC2)c1. The molecule has 2 aromatic rings. The van der Waals surface area contributed by atoms with Crippen LogP contribution in [-0.4, -0.2) is 52.7 Å². The largest absolute Gasteiger partial charge is 0.508 e. The molecule has 1 amide bonds. The first-order valence-electron chi connectivity index (χ1n) is 10.0. The zero-order valence-electron chi connectivity index (χ0n) is 16.3. The summed E-state index contributed by atoms with van der Waals surface area (Å²) in [6, 6.07) is 17.0. The second kappa shape index (κ2) is 8.64. The van der Waals surface area contributed by atoms with Gasteiger partial charge in [-0.05, 0) is 48.2 Å². The Balaban J connectivity index is 1.44. The van der Waals surface area contributed by atoms with Crippen molar-refractivity contribution in [1.82, 2.24) is 9.80 Å². The molecule has 2 fully saturated rings. The van der Waals surface area contributed by atoms with Crippen LogP contribution in [0.5, 0.6) is 5.75 Å². The Morgan fingerprint density at radius 2 is 1.86 bits per heavy atom. The van der Waals surface area contributed by atoms with E-state index in [4.69, 9.17) is 10.00 Å². The van der Waals surface area contributed by atoms with Crippen LogP contribution in [0.1, 0.15) is 29.5 Å². The van der Waals surface area contributed by atoms with Crippen LogP contribution in [0.25, 0.3) is 0 Å². The third-order valence-corrected chi connectivity index (χ3v) is 5.79. The molecule has 0 spiro atoms. The number of nitrogens with zero attached hydrogens (tertiary/aromatic N) is 3. The number of benzene rings is 2. The van der Waals surface area contributed by atoms with Gasteiger partial charge in [-0.1, -0.05) is 24.3 Å². The molecule has 29 heavy (non-hydrogen) atoms. The molecule has 2 aromatic carbocycles. The lowest BCUT2D eigenvalue weighted by Gasteiger charge is -2.40.